The molecule has 6 heteroatoms. The van der Waals surface area contributed by atoms with Crippen molar-refractivity contribution in [2.24, 2.45) is 5.73 Å². The average Bonchev–Trinajstić information content (AvgIpc) is 2.65. The Labute approximate surface area is 152 Å². The molecule has 0 spiro atoms. The summed E-state index contributed by atoms with van der Waals surface area (Å²) in [4.78, 5) is 23.0. The predicted octanol–water partition coefficient (Wildman–Crippen LogP) is 1.98. The second-order valence-corrected chi connectivity index (χ2v) is 6.42. The maximum absolute atomic E-state index is 12.2. The first kappa shape index (κ1) is 17.9. The smallest absolute Gasteiger partial charge is 0.255 e. The molecule has 0 saturated carbocycles. The fraction of sp³-hybridized carbons (Fsp3) is 0.300. The van der Waals surface area contributed by atoms with Gasteiger partial charge in [0.15, 0.2) is 6.61 Å². The Bertz CT molecular complexity index is 791. The number of rotatable bonds is 7. The van der Waals surface area contributed by atoms with Crippen molar-refractivity contribution in [3.8, 4) is 5.75 Å². The summed E-state index contributed by atoms with van der Waals surface area (Å²) < 4.78 is 5.24. The van der Waals surface area contributed by atoms with Gasteiger partial charge in [-0.15, -0.1) is 0 Å². The summed E-state index contributed by atoms with van der Waals surface area (Å²) in [5.74, 6) is -0.0918. The van der Waals surface area contributed by atoms with Gasteiger partial charge in [-0.25, -0.2) is 0 Å². The zero-order valence-electron chi connectivity index (χ0n) is 14.5. The number of benzene rings is 2. The normalized spacial score (nSPS) is 15.8. The number of hydrogen-bond donors (Lipinski definition) is 3. The summed E-state index contributed by atoms with van der Waals surface area (Å²) in [5, 5.41) is 6.35. The van der Waals surface area contributed by atoms with Crippen molar-refractivity contribution in [1.29, 1.82) is 0 Å². The highest BCUT2D eigenvalue weighted by Crippen LogP contribution is 2.20. The molecule has 1 atom stereocenters. The van der Waals surface area contributed by atoms with E-state index < -0.39 is 5.91 Å². The van der Waals surface area contributed by atoms with Crippen molar-refractivity contribution in [1.82, 2.24) is 5.32 Å². The molecule has 1 heterocycles. The molecule has 0 bridgehead atoms. The number of ether oxygens (including phenoxy) is 1. The molecule has 1 aliphatic heterocycles. The van der Waals surface area contributed by atoms with E-state index in [0.29, 0.717) is 23.9 Å². The van der Waals surface area contributed by atoms with E-state index >= 15 is 0 Å². The van der Waals surface area contributed by atoms with Crippen LogP contribution in [0.5, 0.6) is 5.75 Å². The monoisotopic (exact) mass is 353 g/mol. The van der Waals surface area contributed by atoms with Gasteiger partial charge in [0.2, 0.25) is 5.91 Å². The van der Waals surface area contributed by atoms with Crippen LogP contribution in [0.3, 0.4) is 0 Å². The maximum Gasteiger partial charge on any atom is 0.255 e. The first-order valence-electron chi connectivity index (χ1n) is 8.71. The van der Waals surface area contributed by atoms with Crippen LogP contribution in [0, 0.1) is 0 Å². The number of amides is 2. The minimum absolute atomic E-state index is 0.0438. The zero-order chi connectivity index (χ0) is 18.4. The summed E-state index contributed by atoms with van der Waals surface area (Å²) in [6.45, 7) is 0.661. The minimum Gasteiger partial charge on any atom is -0.484 e. The van der Waals surface area contributed by atoms with Crippen molar-refractivity contribution in [3.63, 3.8) is 0 Å². The third kappa shape index (κ3) is 5.07. The number of carbonyl (C=O) groups is 2. The number of hydrogen-bond acceptors (Lipinski definition) is 4. The number of nitrogens with two attached hydrogens (primary N) is 1. The van der Waals surface area contributed by atoms with Crippen LogP contribution in [0.25, 0.3) is 0 Å². The van der Waals surface area contributed by atoms with Crippen LogP contribution in [0.15, 0.2) is 48.5 Å². The number of anilines is 1. The van der Waals surface area contributed by atoms with Gasteiger partial charge in [-0.2, -0.15) is 0 Å². The fourth-order valence-corrected chi connectivity index (χ4v) is 3.07. The molecule has 0 radical (unpaired) electrons. The number of carbonyl (C=O) groups excluding carboxylic acids is 2. The van der Waals surface area contributed by atoms with Crippen LogP contribution >= 0.6 is 0 Å². The summed E-state index contributed by atoms with van der Waals surface area (Å²) in [5.41, 5.74) is 8.39. The molecule has 0 aromatic heterocycles. The molecule has 0 aliphatic carbocycles. The van der Waals surface area contributed by atoms with E-state index in [4.69, 9.17) is 10.5 Å². The van der Waals surface area contributed by atoms with Crippen molar-refractivity contribution >= 4 is 17.5 Å². The Morgan fingerprint density at radius 3 is 2.77 bits per heavy atom. The third-order valence-corrected chi connectivity index (χ3v) is 4.38. The lowest BCUT2D eigenvalue weighted by molar-refractivity contribution is -0.120. The molecule has 136 valence electrons. The van der Waals surface area contributed by atoms with Crippen molar-refractivity contribution in [3.05, 3.63) is 59.7 Å². The second-order valence-electron chi connectivity index (χ2n) is 6.42. The highest BCUT2D eigenvalue weighted by molar-refractivity contribution is 5.90. The summed E-state index contributed by atoms with van der Waals surface area (Å²) in [7, 11) is 0. The van der Waals surface area contributed by atoms with Crippen LogP contribution in [0.2, 0.25) is 0 Å². The lowest BCUT2D eigenvalue weighted by Gasteiger charge is -2.26. The molecule has 3 rings (SSSR count). The Morgan fingerprint density at radius 1 is 1.15 bits per heavy atom. The lowest BCUT2D eigenvalue weighted by Crippen LogP contribution is -2.36. The third-order valence-electron chi connectivity index (χ3n) is 4.38. The summed E-state index contributed by atoms with van der Waals surface area (Å²) in [6, 6.07) is 15.6. The Morgan fingerprint density at radius 2 is 1.96 bits per heavy atom. The summed E-state index contributed by atoms with van der Waals surface area (Å²) in [6.07, 6.45) is 2.16. The highest BCUT2D eigenvalue weighted by Gasteiger charge is 2.18. The van der Waals surface area contributed by atoms with Gasteiger partial charge in [-0.1, -0.05) is 30.3 Å². The fourth-order valence-electron chi connectivity index (χ4n) is 3.07. The first-order valence-corrected chi connectivity index (χ1v) is 8.71. The van der Waals surface area contributed by atoms with Gasteiger partial charge in [0.05, 0.1) is 0 Å². The van der Waals surface area contributed by atoms with Crippen molar-refractivity contribution < 1.29 is 14.3 Å². The highest BCUT2D eigenvalue weighted by atomic mass is 16.5. The number of fused-ring (bicyclic) bond motifs is 1. The van der Waals surface area contributed by atoms with Crippen LogP contribution in [0.1, 0.15) is 24.0 Å². The molecule has 2 aromatic rings. The zero-order valence-corrected chi connectivity index (χ0v) is 14.5. The van der Waals surface area contributed by atoms with Crippen molar-refractivity contribution in [2.45, 2.75) is 31.8 Å². The Hall–Kier alpha value is -2.86. The van der Waals surface area contributed by atoms with Gasteiger partial charge in [-0.05, 0) is 36.1 Å². The molecule has 6 nitrogen and oxygen atoms in total. The topological polar surface area (TPSA) is 93.5 Å². The first-order chi connectivity index (χ1) is 12.6. The van der Waals surface area contributed by atoms with Crippen LogP contribution in [-0.2, 0) is 22.6 Å². The van der Waals surface area contributed by atoms with Gasteiger partial charge in [0.1, 0.15) is 5.75 Å². The number of nitrogens with one attached hydrogen (secondary N) is 2. The molecule has 26 heavy (non-hydrogen) atoms. The van der Waals surface area contributed by atoms with Gasteiger partial charge in [0.25, 0.3) is 5.91 Å². The van der Waals surface area contributed by atoms with Gasteiger partial charge < -0.3 is 21.1 Å². The molecule has 1 unspecified atom stereocenters. The van der Waals surface area contributed by atoms with E-state index in [-0.39, 0.29) is 12.5 Å². The second kappa shape index (κ2) is 8.49. The van der Waals surface area contributed by atoms with Crippen LogP contribution < -0.4 is 21.1 Å². The molecule has 0 saturated heterocycles. The minimum atomic E-state index is -0.541. The lowest BCUT2D eigenvalue weighted by atomic mass is 9.93. The molecular formula is C20H23N3O3. The van der Waals surface area contributed by atoms with E-state index in [1.54, 1.807) is 24.3 Å². The molecular weight excluding hydrogens is 330 g/mol. The van der Waals surface area contributed by atoms with Crippen LogP contribution in [0.4, 0.5) is 5.69 Å². The summed E-state index contributed by atoms with van der Waals surface area (Å²) >= 11 is 0. The SMILES string of the molecule is NC(=O)COc1cccc(NC(=O)CCC2Cc3ccccc3CN2)c1. The van der Waals surface area contributed by atoms with E-state index in [0.717, 1.165) is 19.4 Å². The van der Waals surface area contributed by atoms with E-state index in [2.05, 4.69) is 34.9 Å². The molecule has 2 amide bonds. The van der Waals surface area contributed by atoms with E-state index in [1.807, 2.05) is 0 Å². The molecule has 2 aromatic carbocycles. The largest absolute Gasteiger partial charge is 0.484 e. The maximum atomic E-state index is 12.2. The quantitative estimate of drug-likeness (QED) is 0.709. The molecule has 4 N–H and O–H groups in total. The van der Waals surface area contributed by atoms with Crippen LogP contribution in [-0.4, -0.2) is 24.5 Å². The Kier molecular flexibility index (Phi) is 5.86. The van der Waals surface area contributed by atoms with Gasteiger partial charge in [-0.3, -0.25) is 9.59 Å². The van der Waals surface area contributed by atoms with Gasteiger partial charge in [0, 0.05) is 30.8 Å². The number of primary amides is 1. The average molecular weight is 353 g/mol. The standard InChI is InChI=1S/C20H23N3O3/c21-19(24)13-26-18-7-3-6-17(11-18)23-20(25)9-8-16-10-14-4-1-2-5-15(14)12-22-16/h1-7,11,16,22H,8-10,12-13H2,(H2,21,24)(H,23,25). The van der Waals surface area contributed by atoms with Gasteiger partial charge >= 0.3 is 0 Å². The van der Waals surface area contributed by atoms with E-state index in [9.17, 15) is 9.59 Å². The van der Waals surface area contributed by atoms with Crippen molar-refractivity contribution in [2.75, 3.05) is 11.9 Å². The predicted molar refractivity (Wildman–Crippen MR) is 99.8 cm³/mol. The van der Waals surface area contributed by atoms with E-state index in [1.165, 1.54) is 11.1 Å². The molecule has 1 aliphatic rings. The Balaban J connectivity index is 1.47. The molecule has 0 fully saturated rings.